The van der Waals surface area contributed by atoms with Gasteiger partial charge in [-0.2, -0.15) is 0 Å². The van der Waals surface area contributed by atoms with Crippen molar-refractivity contribution in [3.63, 3.8) is 0 Å². The molecule has 0 aromatic heterocycles. The van der Waals surface area contributed by atoms with Crippen LogP contribution in [0.3, 0.4) is 0 Å². The molecule has 26 heavy (non-hydrogen) atoms. The van der Waals surface area contributed by atoms with E-state index in [1.54, 1.807) is 6.07 Å². The van der Waals surface area contributed by atoms with Gasteiger partial charge in [-0.3, -0.25) is 14.9 Å². The summed E-state index contributed by atoms with van der Waals surface area (Å²) in [6.07, 6.45) is -1.27. The summed E-state index contributed by atoms with van der Waals surface area (Å²) < 4.78 is 30.7. The molecule has 1 aliphatic rings. The summed E-state index contributed by atoms with van der Waals surface area (Å²) in [6.45, 7) is -0.740. The zero-order chi connectivity index (χ0) is 18.9. The molecule has 0 saturated carbocycles. The van der Waals surface area contributed by atoms with E-state index in [9.17, 15) is 28.4 Å². The van der Waals surface area contributed by atoms with Crippen LogP contribution in [0.1, 0.15) is 10.4 Å². The Morgan fingerprint density at radius 3 is 2.42 bits per heavy atom. The van der Waals surface area contributed by atoms with Crippen molar-refractivity contribution in [2.75, 3.05) is 13.2 Å². The second kappa shape index (κ2) is 6.73. The number of amides is 1. The molecule has 2 aromatic rings. The van der Waals surface area contributed by atoms with Gasteiger partial charge in [0.25, 0.3) is 21.6 Å². The number of ether oxygens (including phenoxy) is 1. The minimum Gasteiger partial charge on any atom is -0.491 e. The first-order valence-electron chi connectivity index (χ1n) is 7.52. The third-order valence-corrected chi connectivity index (χ3v) is 5.59. The third-order valence-electron chi connectivity index (χ3n) is 3.78. The highest BCUT2D eigenvalue weighted by Gasteiger charge is 2.41. The molecule has 0 radical (unpaired) electrons. The van der Waals surface area contributed by atoms with Crippen LogP contribution in [0.15, 0.2) is 53.4 Å². The topological polar surface area (TPSA) is 127 Å². The van der Waals surface area contributed by atoms with Crippen LogP contribution in [0, 0.1) is 10.1 Å². The molecular formula is C16H14N2O7S. The number of carbonyl (C=O) groups is 1. The zero-order valence-corrected chi connectivity index (χ0v) is 14.1. The number of non-ortho nitro benzene ring substituents is 1. The average Bonchev–Trinajstić information content (AvgIpc) is 2.81. The predicted molar refractivity (Wildman–Crippen MR) is 89.3 cm³/mol. The number of aliphatic hydroxyl groups excluding tert-OH is 1. The van der Waals surface area contributed by atoms with Crippen molar-refractivity contribution in [2.45, 2.75) is 11.0 Å². The van der Waals surface area contributed by atoms with E-state index < -0.39 is 33.5 Å². The van der Waals surface area contributed by atoms with Crippen molar-refractivity contribution >= 4 is 21.6 Å². The fourth-order valence-corrected chi connectivity index (χ4v) is 4.12. The van der Waals surface area contributed by atoms with Gasteiger partial charge in [0.05, 0.1) is 17.0 Å². The van der Waals surface area contributed by atoms with E-state index in [4.69, 9.17) is 4.74 Å². The van der Waals surface area contributed by atoms with Gasteiger partial charge < -0.3 is 9.84 Å². The number of nitro benzene ring substituents is 1. The number of hydrogen-bond donors (Lipinski definition) is 1. The Morgan fingerprint density at radius 2 is 1.81 bits per heavy atom. The number of carbonyl (C=O) groups excluding carboxylic acids is 1. The molecule has 1 atom stereocenters. The molecule has 136 valence electrons. The van der Waals surface area contributed by atoms with Gasteiger partial charge >= 0.3 is 0 Å². The number of aliphatic hydroxyl groups is 1. The van der Waals surface area contributed by atoms with Gasteiger partial charge in [0, 0.05) is 12.1 Å². The molecule has 1 heterocycles. The van der Waals surface area contributed by atoms with Gasteiger partial charge in [-0.25, -0.2) is 12.7 Å². The molecule has 0 aliphatic carbocycles. The Kier molecular flexibility index (Phi) is 4.62. The molecule has 0 bridgehead atoms. The molecule has 2 aromatic carbocycles. The number of fused-ring (bicyclic) bond motifs is 1. The summed E-state index contributed by atoms with van der Waals surface area (Å²) >= 11 is 0. The first-order valence-corrected chi connectivity index (χ1v) is 8.96. The highest BCUT2D eigenvalue weighted by molar-refractivity contribution is 7.90. The summed E-state index contributed by atoms with van der Waals surface area (Å²) in [5.41, 5.74) is -0.0413. The first kappa shape index (κ1) is 17.8. The number of nitrogens with zero attached hydrogens (tertiary/aromatic N) is 2. The molecule has 0 saturated heterocycles. The molecule has 9 nitrogen and oxygen atoms in total. The standard InChI is InChI=1S/C16H14N2O7S/c19-12(10-25-13-7-5-11(6-8-13)18(21)22)9-17-16(20)14-3-1-2-4-15(14)26(17,23)24/h1-8,12,19H,9-10H2. The largest absolute Gasteiger partial charge is 0.491 e. The quantitative estimate of drug-likeness (QED) is 0.590. The monoisotopic (exact) mass is 378 g/mol. The van der Waals surface area contributed by atoms with Gasteiger partial charge in [0.15, 0.2) is 0 Å². The van der Waals surface area contributed by atoms with E-state index in [0.29, 0.717) is 4.31 Å². The highest BCUT2D eigenvalue weighted by Crippen LogP contribution is 2.30. The molecule has 10 heteroatoms. The molecule has 3 rings (SSSR count). The number of rotatable bonds is 6. The lowest BCUT2D eigenvalue weighted by Crippen LogP contribution is -2.39. The van der Waals surface area contributed by atoms with Crippen LogP contribution in [0.4, 0.5) is 5.69 Å². The maximum absolute atomic E-state index is 12.4. The van der Waals surface area contributed by atoms with Crippen molar-refractivity contribution in [2.24, 2.45) is 0 Å². The van der Waals surface area contributed by atoms with Crippen LogP contribution >= 0.6 is 0 Å². The Bertz CT molecular complexity index is 957. The van der Waals surface area contributed by atoms with E-state index in [1.807, 2.05) is 0 Å². The van der Waals surface area contributed by atoms with Crippen LogP contribution in [0.25, 0.3) is 0 Å². The lowest BCUT2D eigenvalue weighted by molar-refractivity contribution is -0.384. The average molecular weight is 378 g/mol. The molecule has 1 N–H and O–H groups in total. The van der Waals surface area contributed by atoms with Crippen LogP contribution in [-0.2, 0) is 10.0 Å². The number of sulfonamides is 1. The Morgan fingerprint density at radius 1 is 1.15 bits per heavy atom. The molecule has 1 aliphatic heterocycles. The van der Waals surface area contributed by atoms with Crippen LogP contribution < -0.4 is 4.74 Å². The van der Waals surface area contributed by atoms with Crippen molar-refractivity contribution in [3.05, 3.63) is 64.2 Å². The molecule has 1 unspecified atom stereocenters. The fourth-order valence-electron chi connectivity index (χ4n) is 2.51. The maximum Gasteiger partial charge on any atom is 0.269 e. The lowest BCUT2D eigenvalue weighted by atomic mass is 10.2. The van der Waals surface area contributed by atoms with Crippen molar-refractivity contribution in [3.8, 4) is 5.75 Å². The SMILES string of the molecule is O=C1c2ccccc2S(=O)(=O)N1CC(O)COc1ccc([N+](=O)[O-])cc1. The number of benzene rings is 2. The van der Waals surface area contributed by atoms with Crippen LogP contribution in [0.5, 0.6) is 5.75 Å². The molecular weight excluding hydrogens is 364 g/mol. The van der Waals surface area contributed by atoms with Gasteiger partial charge in [0.2, 0.25) is 0 Å². The van der Waals surface area contributed by atoms with E-state index in [2.05, 4.69) is 0 Å². The van der Waals surface area contributed by atoms with Crippen LogP contribution in [0.2, 0.25) is 0 Å². The van der Waals surface area contributed by atoms with Gasteiger partial charge in [-0.05, 0) is 24.3 Å². The van der Waals surface area contributed by atoms with Crippen molar-refractivity contribution in [1.82, 2.24) is 4.31 Å². The smallest absolute Gasteiger partial charge is 0.269 e. The Labute approximate surface area is 148 Å². The maximum atomic E-state index is 12.4. The predicted octanol–water partition coefficient (Wildman–Crippen LogP) is 1.18. The Balaban J connectivity index is 1.64. The van der Waals surface area contributed by atoms with E-state index in [0.717, 1.165) is 0 Å². The normalized spacial score (nSPS) is 16.2. The van der Waals surface area contributed by atoms with Gasteiger partial charge in [-0.1, -0.05) is 12.1 Å². The van der Waals surface area contributed by atoms with Gasteiger partial charge in [0.1, 0.15) is 23.4 Å². The van der Waals surface area contributed by atoms with Crippen LogP contribution in [-0.4, -0.2) is 47.9 Å². The van der Waals surface area contributed by atoms with E-state index in [-0.39, 0.29) is 28.5 Å². The highest BCUT2D eigenvalue weighted by atomic mass is 32.2. The Hall–Kier alpha value is -2.98. The molecule has 0 spiro atoms. The number of nitro groups is 1. The second-order valence-corrected chi connectivity index (χ2v) is 7.38. The summed E-state index contributed by atoms with van der Waals surface area (Å²) in [7, 11) is -4.00. The fraction of sp³-hybridized carbons (Fsp3) is 0.188. The van der Waals surface area contributed by atoms with E-state index in [1.165, 1.54) is 42.5 Å². The van der Waals surface area contributed by atoms with Gasteiger partial charge in [-0.15, -0.1) is 0 Å². The first-order chi connectivity index (χ1) is 12.3. The number of β-amino-alcohol motifs (C(OH)–C–C–N with tert-alkyl or cyclic N) is 1. The summed E-state index contributed by atoms with van der Waals surface area (Å²) in [5, 5.41) is 20.6. The molecule has 0 fully saturated rings. The minimum absolute atomic E-state index is 0.0657. The second-order valence-electron chi connectivity index (χ2n) is 5.55. The van der Waals surface area contributed by atoms with Crippen molar-refractivity contribution in [1.29, 1.82) is 0 Å². The molecule has 1 amide bonds. The van der Waals surface area contributed by atoms with E-state index >= 15 is 0 Å². The summed E-state index contributed by atoms with van der Waals surface area (Å²) in [4.78, 5) is 22.2. The minimum atomic E-state index is -4.00. The summed E-state index contributed by atoms with van der Waals surface area (Å²) in [6, 6.07) is 11.0. The zero-order valence-electron chi connectivity index (χ0n) is 13.3. The summed E-state index contributed by atoms with van der Waals surface area (Å²) in [5.74, 6) is -0.427. The lowest BCUT2D eigenvalue weighted by Gasteiger charge is -2.19. The third kappa shape index (κ3) is 3.24. The number of hydrogen-bond acceptors (Lipinski definition) is 7. The van der Waals surface area contributed by atoms with Crippen molar-refractivity contribution < 1.29 is 28.0 Å².